The van der Waals surface area contributed by atoms with Gasteiger partial charge in [-0.3, -0.25) is 0 Å². The maximum absolute atomic E-state index is 5.79. The van der Waals surface area contributed by atoms with Crippen molar-refractivity contribution >= 4 is 0 Å². The Bertz CT molecular complexity index is 231. The van der Waals surface area contributed by atoms with Crippen LogP contribution < -0.4 is 5.32 Å². The van der Waals surface area contributed by atoms with E-state index in [2.05, 4.69) is 31.0 Å². The number of hydrogen-bond acceptors (Lipinski definition) is 4. The molecular weight excluding hydrogens is 252 g/mol. The molecule has 4 heteroatoms. The van der Waals surface area contributed by atoms with Gasteiger partial charge < -0.3 is 19.7 Å². The van der Waals surface area contributed by atoms with Crippen LogP contribution in [0.25, 0.3) is 0 Å². The lowest BCUT2D eigenvalue weighted by Gasteiger charge is -2.41. The fourth-order valence-corrected chi connectivity index (χ4v) is 2.92. The molecule has 1 rings (SSSR count). The summed E-state index contributed by atoms with van der Waals surface area (Å²) in [7, 11) is 0. The van der Waals surface area contributed by atoms with Gasteiger partial charge in [-0.05, 0) is 39.3 Å². The van der Waals surface area contributed by atoms with Gasteiger partial charge in [0.05, 0.1) is 13.2 Å². The van der Waals surface area contributed by atoms with Crippen molar-refractivity contribution in [2.45, 2.75) is 40.0 Å². The van der Waals surface area contributed by atoms with Crippen LogP contribution in [0, 0.1) is 5.41 Å². The van der Waals surface area contributed by atoms with Crippen LogP contribution >= 0.6 is 0 Å². The molecule has 1 saturated heterocycles. The summed E-state index contributed by atoms with van der Waals surface area (Å²) in [6.07, 6.45) is 3.66. The third-order valence-electron chi connectivity index (χ3n) is 4.09. The highest BCUT2D eigenvalue weighted by Crippen LogP contribution is 2.29. The molecule has 1 aliphatic heterocycles. The lowest BCUT2D eigenvalue weighted by atomic mass is 9.81. The van der Waals surface area contributed by atoms with E-state index in [1.807, 2.05) is 0 Å². The molecule has 1 N–H and O–H groups in total. The van der Waals surface area contributed by atoms with Gasteiger partial charge in [-0.15, -0.1) is 0 Å². The summed E-state index contributed by atoms with van der Waals surface area (Å²) >= 11 is 0. The van der Waals surface area contributed by atoms with E-state index in [0.29, 0.717) is 0 Å². The van der Waals surface area contributed by atoms with Crippen molar-refractivity contribution in [1.29, 1.82) is 0 Å². The molecule has 1 fully saturated rings. The van der Waals surface area contributed by atoms with Crippen LogP contribution in [0.15, 0.2) is 0 Å². The molecule has 120 valence electrons. The van der Waals surface area contributed by atoms with Crippen molar-refractivity contribution < 1.29 is 9.47 Å². The summed E-state index contributed by atoms with van der Waals surface area (Å²) in [4.78, 5) is 2.51. The fourth-order valence-electron chi connectivity index (χ4n) is 2.92. The van der Waals surface area contributed by atoms with E-state index in [0.717, 1.165) is 59.2 Å². The number of rotatable bonds is 11. The quantitative estimate of drug-likeness (QED) is 0.590. The average molecular weight is 286 g/mol. The van der Waals surface area contributed by atoms with Gasteiger partial charge in [0, 0.05) is 38.3 Å². The molecule has 1 atom stereocenters. The summed E-state index contributed by atoms with van der Waals surface area (Å²) < 4.78 is 11.3. The zero-order valence-electron chi connectivity index (χ0n) is 13.7. The smallest absolute Gasteiger partial charge is 0.0593 e. The number of ether oxygens (including phenoxy) is 2. The molecular formula is C16H34N2O2. The monoisotopic (exact) mass is 286 g/mol. The standard InChI is InChI=1S/C16H34N2O2/c1-4-9-17-13-16(8-7-11-20-15-16)14-18(5-2)10-12-19-6-3/h17H,4-15H2,1-3H3. The van der Waals surface area contributed by atoms with Gasteiger partial charge in [-0.25, -0.2) is 0 Å². The summed E-state index contributed by atoms with van der Waals surface area (Å²) in [6, 6.07) is 0. The van der Waals surface area contributed by atoms with Crippen LogP contribution in [0.2, 0.25) is 0 Å². The molecule has 20 heavy (non-hydrogen) atoms. The Morgan fingerprint density at radius 2 is 2.15 bits per heavy atom. The fraction of sp³-hybridized carbons (Fsp3) is 1.00. The van der Waals surface area contributed by atoms with E-state index in [1.165, 1.54) is 19.3 Å². The first-order chi connectivity index (χ1) is 9.76. The zero-order chi connectivity index (χ0) is 14.7. The lowest BCUT2D eigenvalue weighted by molar-refractivity contribution is -0.0288. The number of likely N-dealkylation sites (N-methyl/N-ethyl adjacent to an activating group) is 1. The molecule has 0 aliphatic carbocycles. The Morgan fingerprint density at radius 1 is 1.30 bits per heavy atom. The third-order valence-corrected chi connectivity index (χ3v) is 4.09. The molecule has 0 aromatic carbocycles. The maximum Gasteiger partial charge on any atom is 0.0593 e. The molecule has 0 aromatic heterocycles. The van der Waals surface area contributed by atoms with Crippen LogP contribution in [-0.4, -0.2) is 64.1 Å². The van der Waals surface area contributed by atoms with Crippen LogP contribution in [-0.2, 0) is 9.47 Å². The summed E-state index contributed by atoms with van der Waals surface area (Å²) in [5.41, 5.74) is 0.287. The predicted molar refractivity (Wildman–Crippen MR) is 84.3 cm³/mol. The topological polar surface area (TPSA) is 33.7 Å². The Balaban J connectivity index is 2.47. The minimum Gasteiger partial charge on any atom is -0.381 e. The van der Waals surface area contributed by atoms with Gasteiger partial charge in [0.1, 0.15) is 0 Å². The number of nitrogens with one attached hydrogen (secondary N) is 1. The average Bonchev–Trinajstić information content (AvgIpc) is 2.48. The molecule has 1 heterocycles. The Hall–Kier alpha value is -0.160. The number of hydrogen-bond donors (Lipinski definition) is 1. The van der Waals surface area contributed by atoms with E-state index in [-0.39, 0.29) is 5.41 Å². The molecule has 0 bridgehead atoms. The highest BCUT2D eigenvalue weighted by molar-refractivity contribution is 4.87. The third kappa shape index (κ3) is 6.53. The van der Waals surface area contributed by atoms with Crippen molar-refractivity contribution in [3.8, 4) is 0 Å². The van der Waals surface area contributed by atoms with Crippen LogP contribution in [0.5, 0.6) is 0 Å². The summed E-state index contributed by atoms with van der Waals surface area (Å²) in [6.45, 7) is 15.4. The van der Waals surface area contributed by atoms with Gasteiger partial charge in [-0.2, -0.15) is 0 Å². The molecule has 0 amide bonds. The molecule has 0 radical (unpaired) electrons. The van der Waals surface area contributed by atoms with Crippen LogP contribution in [0.3, 0.4) is 0 Å². The van der Waals surface area contributed by atoms with E-state index < -0.39 is 0 Å². The largest absolute Gasteiger partial charge is 0.381 e. The minimum absolute atomic E-state index is 0.287. The second-order valence-corrected chi connectivity index (χ2v) is 5.90. The molecule has 0 spiro atoms. The molecule has 4 nitrogen and oxygen atoms in total. The number of nitrogens with zero attached hydrogens (tertiary/aromatic N) is 1. The van der Waals surface area contributed by atoms with E-state index in [1.54, 1.807) is 0 Å². The van der Waals surface area contributed by atoms with Crippen molar-refractivity contribution in [2.24, 2.45) is 5.41 Å². The molecule has 0 saturated carbocycles. The molecule has 0 aromatic rings. The van der Waals surface area contributed by atoms with Gasteiger partial charge in [0.25, 0.3) is 0 Å². The van der Waals surface area contributed by atoms with E-state index in [4.69, 9.17) is 9.47 Å². The first-order valence-corrected chi connectivity index (χ1v) is 8.35. The Kier molecular flexibility index (Phi) is 9.44. The highest BCUT2D eigenvalue weighted by Gasteiger charge is 2.34. The normalized spacial score (nSPS) is 23.4. The maximum atomic E-state index is 5.79. The molecule has 1 unspecified atom stereocenters. The van der Waals surface area contributed by atoms with Crippen molar-refractivity contribution in [3.63, 3.8) is 0 Å². The Morgan fingerprint density at radius 3 is 2.75 bits per heavy atom. The second-order valence-electron chi connectivity index (χ2n) is 5.90. The predicted octanol–water partition coefficient (Wildman–Crippen LogP) is 2.14. The van der Waals surface area contributed by atoms with E-state index in [9.17, 15) is 0 Å². The molecule has 1 aliphatic rings. The van der Waals surface area contributed by atoms with Crippen molar-refractivity contribution in [3.05, 3.63) is 0 Å². The van der Waals surface area contributed by atoms with Crippen molar-refractivity contribution in [2.75, 3.05) is 59.2 Å². The zero-order valence-corrected chi connectivity index (χ0v) is 13.7. The Labute approximate surface area is 125 Å². The first-order valence-electron chi connectivity index (χ1n) is 8.35. The summed E-state index contributed by atoms with van der Waals surface area (Å²) in [5.74, 6) is 0. The van der Waals surface area contributed by atoms with E-state index >= 15 is 0 Å². The van der Waals surface area contributed by atoms with Gasteiger partial charge in [0.15, 0.2) is 0 Å². The first kappa shape index (κ1) is 17.9. The minimum atomic E-state index is 0.287. The van der Waals surface area contributed by atoms with Gasteiger partial charge in [0.2, 0.25) is 0 Å². The highest BCUT2D eigenvalue weighted by atomic mass is 16.5. The van der Waals surface area contributed by atoms with Crippen LogP contribution in [0.1, 0.15) is 40.0 Å². The summed E-state index contributed by atoms with van der Waals surface area (Å²) in [5, 5.41) is 3.60. The van der Waals surface area contributed by atoms with Crippen molar-refractivity contribution in [1.82, 2.24) is 10.2 Å². The van der Waals surface area contributed by atoms with Gasteiger partial charge in [-0.1, -0.05) is 13.8 Å². The second kappa shape index (κ2) is 10.6. The SMILES string of the molecule is CCCNCC1(CN(CC)CCOCC)CCCOC1. The van der Waals surface area contributed by atoms with Crippen LogP contribution in [0.4, 0.5) is 0 Å². The van der Waals surface area contributed by atoms with Gasteiger partial charge >= 0.3 is 0 Å². The lowest BCUT2D eigenvalue weighted by Crippen LogP contribution is -2.49.